The fraction of sp³-hybridized carbons (Fsp3) is 0.438. The number of rotatable bonds is 3. The van der Waals surface area contributed by atoms with Crippen LogP contribution in [0.25, 0.3) is 10.4 Å². The second-order valence-electron chi connectivity index (χ2n) is 6.10. The molecule has 3 aliphatic heterocycles. The number of halogens is 1. The summed E-state index contributed by atoms with van der Waals surface area (Å²) < 4.78 is 13.8. The molecule has 3 aliphatic rings. The lowest BCUT2D eigenvalue weighted by molar-refractivity contribution is 0.0620. The van der Waals surface area contributed by atoms with E-state index in [0.29, 0.717) is 21.4 Å². The van der Waals surface area contributed by atoms with Gasteiger partial charge in [0.25, 0.3) is 5.91 Å². The molecule has 2 bridgehead atoms. The molecule has 5 rings (SSSR count). The van der Waals surface area contributed by atoms with Crippen molar-refractivity contribution in [3.05, 3.63) is 35.5 Å². The van der Waals surface area contributed by atoms with E-state index in [2.05, 4.69) is 20.2 Å². The zero-order valence-corrected chi connectivity index (χ0v) is 13.4. The highest BCUT2D eigenvalue weighted by atomic mass is 32.1. The van der Waals surface area contributed by atoms with Crippen molar-refractivity contribution in [1.29, 1.82) is 0 Å². The van der Waals surface area contributed by atoms with Gasteiger partial charge in [-0.05, 0) is 37.9 Å². The predicted octanol–water partition coefficient (Wildman–Crippen LogP) is 2.17. The zero-order chi connectivity index (χ0) is 15.8. The highest BCUT2D eigenvalue weighted by Crippen LogP contribution is 2.29. The maximum atomic E-state index is 13.8. The lowest BCUT2D eigenvalue weighted by Crippen LogP contribution is -2.57. The normalized spacial score (nSPS) is 26.2. The number of pyridine rings is 1. The Labute approximate surface area is 137 Å². The van der Waals surface area contributed by atoms with Gasteiger partial charge in [0.15, 0.2) is 5.01 Å². The van der Waals surface area contributed by atoms with Crippen LogP contribution in [0.3, 0.4) is 0 Å². The molecule has 0 aliphatic carbocycles. The van der Waals surface area contributed by atoms with Crippen LogP contribution in [-0.2, 0) is 0 Å². The van der Waals surface area contributed by atoms with Gasteiger partial charge in [-0.15, -0.1) is 11.3 Å². The molecule has 23 heavy (non-hydrogen) atoms. The average Bonchev–Trinajstić information content (AvgIpc) is 3.06. The molecule has 120 valence electrons. The van der Waals surface area contributed by atoms with Gasteiger partial charge in [0, 0.05) is 36.7 Å². The molecule has 3 fully saturated rings. The molecule has 5 nitrogen and oxygen atoms in total. The molecular weight excluding hydrogens is 315 g/mol. The Morgan fingerprint density at radius 1 is 1.35 bits per heavy atom. The fourth-order valence-corrected chi connectivity index (χ4v) is 4.25. The number of fused-ring (bicyclic) bond motifs is 3. The van der Waals surface area contributed by atoms with Gasteiger partial charge >= 0.3 is 0 Å². The Balaban J connectivity index is 1.48. The Kier molecular flexibility index (Phi) is 3.82. The predicted molar refractivity (Wildman–Crippen MR) is 85.7 cm³/mol. The summed E-state index contributed by atoms with van der Waals surface area (Å²) in [6.07, 6.45) is 6.69. The molecule has 0 unspecified atom stereocenters. The van der Waals surface area contributed by atoms with Crippen LogP contribution in [0.1, 0.15) is 22.6 Å². The number of carbonyl (C=O) groups is 1. The van der Waals surface area contributed by atoms with Crippen molar-refractivity contribution in [2.75, 3.05) is 19.6 Å². The van der Waals surface area contributed by atoms with Crippen LogP contribution < -0.4 is 5.32 Å². The maximum absolute atomic E-state index is 13.8. The minimum absolute atomic E-state index is 0.163. The van der Waals surface area contributed by atoms with Crippen molar-refractivity contribution in [3.8, 4) is 10.4 Å². The summed E-state index contributed by atoms with van der Waals surface area (Å²) in [4.78, 5) is 23.5. The number of amides is 1. The van der Waals surface area contributed by atoms with Crippen LogP contribution in [-0.4, -0.2) is 46.5 Å². The minimum Gasteiger partial charge on any atom is -0.346 e. The van der Waals surface area contributed by atoms with E-state index in [1.54, 1.807) is 0 Å². The average molecular weight is 332 g/mol. The molecule has 1 N–H and O–H groups in total. The third-order valence-electron chi connectivity index (χ3n) is 4.71. The summed E-state index contributed by atoms with van der Waals surface area (Å²) in [5, 5.41) is 3.48. The second-order valence-corrected chi connectivity index (χ2v) is 7.13. The van der Waals surface area contributed by atoms with Gasteiger partial charge < -0.3 is 10.2 Å². The van der Waals surface area contributed by atoms with E-state index < -0.39 is 0 Å². The van der Waals surface area contributed by atoms with Gasteiger partial charge in [-0.2, -0.15) is 0 Å². The number of nitrogens with zero attached hydrogens (tertiary/aromatic N) is 3. The first-order valence-corrected chi connectivity index (χ1v) is 8.61. The molecule has 1 atom stereocenters. The Morgan fingerprint density at radius 3 is 2.87 bits per heavy atom. The first kappa shape index (κ1) is 14.7. The lowest BCUT2D eigenvalue weighted by atomic mass is 9.84. The number of aromatic nitrogens is 2. The van der Waals surface area contributed by atoms with E-state index in [1.165, 1.54) is 36.0 Å². The molecular formula is C16H17FN4OS. The monoisotopic (exact) mass is 332 g/mol. The number of hydrogen-bond acceptors (Lipinski definition) is 5. The maximum Gasteiger partial charge on any atom is 0.280 e. The Hall–Kier alpha value is -1.86. The van der Waals surface area contributed by atoms with E-state index >= 15 is 0 Å². The van der Waals surface area contributed by atoms with Crippen molar-refractivity contribution in [1.82, 2.24) is 20.2 Å². The van der Waals surface area contributed by atoms with Crippen LogP contribution in [0, 0.1) is 11.7 Å². The van der Waals surface area contributed by atoms with Crippen molar-refractivity contribution >= 4 is 17.2 Å². The topological polar surface area (TPSA) is 58.1 Å². The number of thiazole rings is 1. The van der Waals surface area contributed by atoms with Crippen molar-refractivity contribution < 1.29 is 9.18 Å². The van der Waals surface area contributed by atoms with Gasteiger partial charge in [0.1, 0.15) is 5.82 Å². The zero-order valence-electron chi connectivity index (χ0n) is 12.5. The molecule has 0 aromatic carbocycles. The molecule has 2 aromatic rings. The van der Waals surface area contributed by atoms with Gasteiger partial charge in [-0.1, -0.05) is 0 Å². The molecule has 0 saturated carbocycles. The summed E-state index contributed by atoms with van der Waals surface area (Å²) >= 11 is 1.20. The van der Waals surface area contributed by atoms with Crippen molar-refractivity contribution in [2.24, 2.45) is 5.92 Å². The highest BCUT2D eigenvalue weighted by molar-refractivity contribution is 7.16. The smallest absolute Gasteiger partial charge is 0.280 e. The van der Waals surface area contributed by atoms with Crippen LogP contribution >= 0.6 is 11.3 Å². The summed E-state index contributed by atoms with van der Waals surface area (Å²) in [5.41, 5.74) is 0.381. The molecule has 5 heterocycles. The molecule has 0 radical (unpaired) electrons. The quantitative estimate of drug-likeness (QED) is 0.936. The van der Waals surface area contributed by atoms with E-state index in [4.69, 9.17) is 0 Å². The third-order valence-corrected chi connectivity index (χ3v) is 5.74. The van der Waals surface area contributed by atoms with Gasteiger partial charge in [0.2, 0.25) is 0 Å². The van der Waals surface area contributed by atoms with Crippen LogP contribution in [0.2, 0.25) is 0 Å². The molecule has 0 spiro atoms. The summed E-state index contributed by atoms with van der Waals surface area (Å²) in [7, 11) is 0. The Morgan fingerprint density at radius 2 is 2.17 bits per heavy atom. The first-order valence-electron chi connectivity index (χ1n) is 7.79. The van der Waals surface area contributed by atoms with Crippen LogP contribution in [0.15, 0.2) is 24.7 Å². The van der Waals surface area contributed by atoms with E-state index in [-0.39, 0.29) is 17.8 Å². The van der Waals surface area contributed by atoms with Crippen LogP contribution in [0.4, 0.5) is 4.39 Å². The number of piperidine rings is 3. The second kappa shape index (κ2) is 5.98. The van der Waals surface area contributed by atoms with Crippen molar-refractivity contribution in [2.45, 2.75) is 18.9 Å². The summed E-state index contributed by atoms with van der Waals surface area (Å²) in [5.74, 6) is 0.0523. The first-order chi connectivity index (χ1) is 11.2. The molecule has 3 saturated heterocycles. The summed E-state index contributed by atoms with van der Waals surface area (Å²) in [6.45, 7) is 3.20. The fourth-order valence-electron chi connectivity index (χ4n) is 3.42. The number of nitrogens with one attached hydrogen (secondary N) is 1. The highest BCUT2D eigenvalue weighted by Gasteiger charge is 2.35. The third kappa shape index (κ3) is 2.86. The molecule has 2 aromatic heterocycles. The van der Waals surface area contributed by atoms with E-state index in [0.717, 1.165) is 32.5 Å². The standard InChI is InChI=1S/C16H17FN4OS/c17-12-1-4-18-7-11(12)14-8-19-16(23-14)15(22)20-13-9-21-5-2-10(13)3-6-21/h1,4,7-8,10,13H,2-3,5-6,9H2,(H,20,22)/t13-/m0/s1. The number of hydrogen-bond donors (Lipinski definition) is 1. The van der Waals surface area contributed by atoms with Gasteiger partial charge in [-0.3, -0.25) is 9.78 Å². The van der Waals surface area contributed by atoms with E-state index in [9.17, 15) is 9.18 Å². The summed E-state index contributed by atoms with van der Waals surface area (Å²) in [6, 6.07) is 1.51. The van der Waals surface area contributed by atoms with Crippen molar-refractivity contribution in [3.63, 3.8) is 0 Å². The minimum atomic E-state index is -0.354. The number of carbonyl (C=O) groups excluding carboxylic acids is 1. The lowest BCUT2D eigenvalue weighted by Gasteiger charge is -2.44. The van der Waals surface area contributed by atoms with Gasteiger partial charge in [-0.25, -0.2) is 9.37 Å². The molecule has 1 amide bonds. The largest absolute Gasteiger partial charge is 0.346 e. The SMILES string of the molecule is O=C(N[C@H]1CN2CCC1CC2)c1ncc(-c2cnccc2F)s1. The van der Waals surface area contributed by atoms with Crippen LogP contribution in [0.5, 0.6) is 0 Å². The van der Waals surface area contributed by atoms with Gasteiger partial charge in [0.05, 0.1) is 4.88 Å². The van der Waals surface area contributed by atoms with E-state index in [1.807, 2.05) is 0 Å². The molecule has 7 heteroatoms. The Bertz CT molecular complexity index is 726.